The van der Waals surface area contributed by atoms with Crippen molar-refractivity contribution < 1.29 is 0 Å². The molecule has 14 heavy (non-hydrogen) atoms. The summed E-state index contributed by atoms with van der Waals surface area (Å²) in [7, 11) is 0. The number of hydrogen-bond donors (Lipinski definition) is 1. The Morgan fingerprint density at radius 2 is 2.21 bits per heavy atom. The monoisotopic (exact) mass is 192 g/mol. The van der Waals surface area contributed by atoms with Crippen molar-refractivity contribution in [2.45, 2.75) is 33.7 Å². The van der Waals surface area contributed by atoms with Crippen molar-refractivity contribution in [1.82, 2.24) is 10.3 Å². The third-order valence-electron chi connectivity index (χ3n) is 2.44. The first-order chi connectivity index (χ1) is 6.72. The molecule has 0 aromatic carbocycles. The smallest absolute Gasteiger partial charge is 0.0544 e. The fraction of sp³-hybridized carbons (Fsp3) is 0.583. The number of aromatic nitrogens is 1. The second-order valence-electron chi connectivity index (χ2n) is 3.91. The number of pyridine rings is 1. The normalized spacial score (nSPS) is 12.8. The van der Waals surface area contributed by atoms with E-state index in [4.69, 9.17) is 0 Å². The van der Waals surface area contributed by atoms with Crippen LogP contribution >= 0.6 is 0 Å². The molecule has 0 amide bonds. The van der Waals surface area contributed by atoms with Crippen LogP contribution in [-0.2, 0) is 6.54 Å². The molecule has 1 aromatic rings. The molecule has 1 rings (SSSR count). The van der Waals surface area contributed by atoms with Gasteiger partial charge < -0.3 is 5.32 Å². The molecule has 0 spiro atoms. The molecule has 1 atom stereocenters. The predicted octanol–water partition coefficient (Wildman–Crippen LogP) is 2.53. The Labute approximate surface area is 86.8 Å². The van der Waals surface area contributed by atoms with Gasteiger partial charge in [0, 0.05) is 12.2 Å². The Morgan fingerprint density at radius 3 is 2.86 bits per heavy atom. The van der Waals surface area contributed by atoms with Crippen molar-refractivity contribution >= 4 is 0 Å². The lowest BCUT2D eigenvalue weighted by molar-refractivity contribution is 0.497. The maximum atomic E-state index is 4.43. The molecule has 0 aliphatic rings. The molecule has 1 unspecified atom stereocenters. The SMILES string of the molecule is CCC(C)CNCc1cccc(C)n1. The van der Waals surface area contributed by atoms with E-state index >= 15 is 0 Å². The van der Waals surface area contributed by atoms with Gasteiger partial charge in [-0.25, -0.2) is 0 Å². The van der Waals surface area contributed by atoms with Crippen LogP contribution in [0.5, 0.6) is 0 Å². The van der Waals surface area contributed by atoms with Gasteiger partial charge in [-0.15, -0.1) is 0 Å². The minimum absolute atomic E-state index is 0.750. The highest BCUT2D eigenvalue weighted by Crippen LogP contribution is 2.00. The molecular weight excluding hydrogens is 172 g/mol. The summed E-state index contributed by atoms with van der Waals surface area (Å²) in [5, 5.41) is 3.42. The third kappa shape index (κ3) is 3.88. The van der Waals surface area contributed by atoms with E-state index in [1.807, 2.05) is 13.0 Å². The van der Waals surface area contributed by atoms with E-state index in [2.05, 4.69) is 36.3 Å². The Hall–Kier alpha value is -0.890. The van der Waals surface area contributed by atoms with Crippen LogP contribution in [0, 0.1) is 12.8 Å². The maximum absolute atomic E-state index is 4.43. The fourth-order valence-corrected chi connectivity index (χ4v) is 1.29. The first-order valence-electron chi connectivity index (χ1n) is 5.35. The van der Waals surface area contributed by atoms with Crippen LogP contribution in [0.1, 0.15) is 31.7 Å². The van der Waals surface area contributed by atoms with Gasteiger partial charge in [0.25, 0.3) is 0 Å². The van der Waals surface area contributed by atoms with Crippen molar-refractivity contribution in [3.8, 4) is 0 Å². The van der Waals surface area contributed by atoms with Crippen molar-refractivity contribution in [1.29, 1.82) is 0 Å². The van der Waals surface area contributed by atoms with Crippen molar-refractivity contribution in [3.05, 3.63) is 29.6 Å². The minimum atomic E-state index is 0.750. The Morgan fingerprint density at radius 1 is 1.43 bits per heavy atom. The van der Waals surface area contributed by atoms with Gasteiger partial charge in [-0.3, -0.25) is 4.98 Å². The highest BCUT2D eigenvalue weighted by Gasteiger charge is 1.98. The molecule has 1 aromatic heterocycles. The standard InChI is InChI=1S/C12H20N2/c1-4-10(2)8-13-9-12-7-5-6-11(3)14-12/h5-7,10,13H,4,8-9H2,1-3H3. The van der Waals surface area contributed by atoms with E-state index in [0.29, 0.717) is 0 Å². The van der Waals surface area contributed by atoms with E-state index in [-0.39, 0.29) is 0 Å². The quantitative estimate of drug-likeness (QED) is 0.775. The average molecular weight is 192 g/mol. The molecule has 1 heterocycles. The topological polar surface area (TPSA) is 24.9 Å². The van der Waals surface area contributed by atoms with E-state index in [9.17, 15) is 0 Å². The zero-order valence-electron chi connectivity index (χ0n) is 9.38. The zero-order chi connectivity index (χ0) is 10.4. The summed E-state index contributed by atoms with van der Waals surface area (Å²) in [4.78, 5) is 4.43. The fourth-order valence-electron chi connectivity index (χ4n) is 1.29. The van der Waals surface area contributed by atoms with E-state index in [1.54, 1.807) is 0 Å². The molecule has 0 fully saturated rings. The Balaban J connectivity index is 2.31. The lowest BCUT2D eigenvalue weighted by atomic mass is 10.1. The third-order valence-corrected chi connectivity index (χ3v) is 2.44. The van der Waals surface area contributed by atoms with Crippen molar-refractivity contribution in [2.75, 3.05) is 6.54 Å². The highest BCUT2D eigenvalue weighted by atomic mass is 14.9. The van der Waals surface area contributed by atoms with Gasteiger partial charge in [0.05, 0.1) is 5.69 Å². The first kappa shape index (κ1) is 11.2. The van der Waals surface area contributed by atoms with Gasteiger partial charge in [-0.1, -0.05) is 26.3 Å². The van der Waals surface area contributed by atoms with Gasteiger partial charge in [-0.05, 0) is 31.5 Å². The number of nitrogens with zero attached hydrogens (tertiary/aromatic N) is 1. The number of rotatable bonds is 5. The molecule has 2 heteroatoms. The number of hydrogen-bond acceptors (Lipinski definition) is 2. The summed E-state index contributed by atoms with van der Waals surface area (Å²) < 4.78 is 0. The Bertz CT molecular complexity index is 271. The lowest BCUT2D eigenvalue weighted by Gasteiger charge is -2.09. The van der Waals surface area contributed by atoms with Crippen molar-refractivity contribution in [3.63, 3.8) is 0 Å². The summed E-state index contributed by atoms with van der Waals surface area (Å²) in [6, 6.07) is 6.15. The summed E-state index contributed by atoms with van der Waals surface area (Å²) in [6.07, 6.45) is 1.23. The first-order valence-corrected chi connectivity index (χ1v) is 5.35. The molecule has 1 N–H and O–H groups in total. The lowest BCUT2D eigenvalue weighted by Crippen LogP contribution is -2.20. The van der Waals surface area contributed by atoms with E-state index in [0.717, 1.165) is 30.4 Å². The van der Waals surface area contributed by atoms with Crippen LogP contribution in [-0.4, -0.2) is 11.5 Å². The van der Waals surface area contributed by atoms with Crippen molar-refractivity contribution in [2.24, 2.45) is 5.92 Å². The molecule has 0 saturated heterocycles. The maximum Gasteiger partial charge on any atom is 0.0544 e. The second kappa shape index (κ2) is 5.76. The molecule has 0 radical (unpaired) electrons. The number of nitrogens with one attached hydrogen (secondary N) is 1. The largest absolute Gasteiger partial charge is 0.311 e. The molecular formula is C12H20N2. The summed E-state index contributed by atoms with van der Waals surface area (Å²) >= 11 is 0. The molecule has 78 valence electrons. The zero-order valence-corrected chi connectivity index (χ0v) is 9.38. The average Bonchev–Trinajstić information content (AvgIpc) is 2.17. The van der Waals surface area contributed by atoms with Gasteiger partial charge >= 0.3 is 0 Å². The van der Waals surface area contributed by atoms with Crippen LogP contribution in [0.3, 0.4) is 0 Å². The molecule has 0 aliphatic heterocycles. The summed E-state index contributed by atoms with van der Waals surface area (Å²) in [6.45, 7) is 8.46. The Kier molecular flexibility index (Phi) is 4.60. The molecule has 2 nitrogen and oxygen atoms in total. The van der Waals surface area contributed by atoms with E-state index in [1.165, 1.54) is 6.42 Å². The molecule has 0 saturated carbocycles. The van der Waals surface area contributed by atoms with Crippen LogP contribution in [0.15, 0.2) is 18.2 Å². The van der Waals surface area contributed by atoms with Gasteiger partial charge in [-0.2, -0.15) is 0 Å². The van der Waals surface area contributed by atoms with Gasteiger partial charge in [0.2, 0.25) is 0 Å². The minimum Gasteiger partial charge on any atom is -0.311 e. The predicted molar refractivity (Wildman–Crippen MR) is 60.1 cm³/mol. The summed E-state index contributed by atoms with van der Waals surface area (Å²) in [5.74, 6) is 0.750. The molecule has 0 aliphatic carbocycles. The summed E-state index contributed by atoms with van der Waals surface area (Å²) in [5.41, 5.74) is 2.22. The van der Waals surface area contributed by atoms with Crippen LogP contribution in [0.4, 0.5) is 0 Å². The van der Waals surface area contributed by atoms with Crippen LogP contribution < -0.4 is 5.32 Å². The number of aryl methyl sites for hydroxylation is 1. The van der Waals surface area contributed by atoms with E-state index < -0.39 is 0 Å². The highest BCUT2D eigenvalue weighted by molar-refractivity contribution is 5.09. The molecule has 0 bridgehead atoms. The van der Waals surface area contributed by atoms with Gasteiger partial charge in [0.15, 0.2) is 0 Å². The van der Waals surface area contributed by atoms with Gasteiger partial charge in [0.1, 0.15) is 0 Å². The van der Waals surface area contributed by atoms with Crippen LogP contribution in [0.25, 0.3) is 0 Å². The second-order valence-corrected chi connectivity index (χ2v) is 3.91. The van der Waals surface area contributed by atoms with Crippen LogP contribution in [0.2, 0.25) is 0 Å².